The molecule has 0 saturated carbocycles. The predicted octanol–water partition coefficient (Wildman–Crippen LogP) is 6.81. The summed E-state index contributed by atoms with van der Waals surface area (Å²) in [5, 5.41) is 0. The molecule has 0 radical (unpaired) electrons. The minimum absolute atomic E-state index is 0.358. The fourth-order valence-corrected chi connectivity index (χ4v) is 4.13. The van der Waals surface area contributed by atoms with Gasteiger partial charge in [0.1, 0.15) is 0 Å². The Morgan fingerprint density at radius 2 is 1.68 bits per heavy atom. The first-order valence-electron chi connectivity index (χ1n) is 9.28. The molecule has 0 fully saturated rings. The molecule has 3 unspecified atom stereocenters. The van der Waals surface area contributed by atoms with E-state index in [1.165, 1.54) is 33.4 Å². The molecule has 0 spiro atoms. The highest BCUT2D eigenvalue weighted by Crippen LogP contribution is 2.45. The molecule has 0 heteroatoms. The van der Waals surface area contributed by atoms with Gasteiger partial charge in [-0.3, -0.25) is 0 Å². The quantitative estimate of drug-likeness (QED) is 0.520. The summed E-state index contributed by atoms with van der Waals surface area (Å²) >= 11 is 0. The Hall–Kier alpha value is -2.34. The van der Waals surface area contributed by atoms with E-state index in [1.807, 2.05) is 18.2 Å². The monoisotopic (exact) mass is 328 g/mol. The van der Waals surface area contributed by atoms with Crippen molar-refractivity contribution in [3.8, 4) is 0 Å². The molecule has 3 aliphatic rings. The Balaban J connectivity index is 2.16. The van der Waals surface area contributed by atoms with Crippen molar-refractivity contribution >= 4 is 0 Å². The first-order chi connectivity index (χ1) is 12.1. The van der Waals surface area contributed by atoms with Crippen molar-refractivity contribution in [2.24, 2.45) is 17.8 Å². The molecule has 3 aliphatic carbocycles. The average molecular weight is 328 g/mol. The molecule has 0 aliphatic heterocycles. The van der Waals surface area contributed by atoms with Gasteiger partial charge in [-0.25, -0.2) is 0 Å². The Labute approximate surface area is 152 Å². The highest BCUT2D eigenvalue weighted by Gasteiger charge is 2.31. The number of hydrogen-bond donors (Lipinski definition) is 0. The maximum atomic E-state index is 4.06. The summed E-state index contributed by atoms with van der Waals surface area (Å²) in [5.41, 5.74) is 7.93. The topological polar surface area (TPSA) is 0 Å². The van der Waals surface area contributed by atoms with Gasteiger partial charge in [0.25, 0.3) is 0 Å². The van der Waals surface area contributed by atoms with E-state index in [9.17, 15) is 0 Å². The van der Waals surface area contributed by atoms with Gasteiger partial charge in [0, 0.05) is 11.8 Å². The molecule has 25 heavy (non-hydrogen) atoms. The maximum Gasteiger partial charge on any atom is 0.0134 e. The molecule has 0 amide bonds. The minimum atomic E-state index is 0.358. The number of fused-ring (bicyclic) bond motifs is 1. The van der Waals surface area contributed by atoms with Crippen LogP contribution in [0.3, 0.4) is 0 Å². The fraction of sp³-hybridized carbons (Fsp3) is 0.280. The van der Waals surface area contributed by atoms with Crippen LogP contribution >= 0.6 is 0 Å². The van der Waals surface area contributed by atoms with Crippen LogP contribution < -0.4 is 0 Å². The normalized spacial score (nSPS) is 28.3. The number of hydrogen-bond acceptors (Lipinski definition) is 0. The largest absolute Gasteiger partial charge is 0.0985 e. The molecule has 3 rings (SSSR count). The second kappa shape index (κ2) is 7.27. The third kappa shape index (κ3) is 3.14. The van der Waals surface area contributed by atoms with E-state index in [1.54, 1.807) is 0 Å². The van der Waals surface area contributed by atoms with Crippen LogP contribution in [0.2, 0.25) is 0 Å². The predicted molar refractivity (Wildman–Crippen MR) is 110 cm³/mol. The van der Waals surface area contributed by atoms with E-state index in [0.717, 1.165) is 12.8 Å². The lowest BCUT2D eigenvalue weighted by Gasteiger charge is -2.35. The van der Waals surface area contributed by atoms with Gasteiger partial charge < -0.3 is 0 Å². The summed E-state index contributed by atoms with van der Waals surface area (Å²) in [6, 6.07) is 0. The third-order valence-corrected chi connectivity index (χ3v) is 5.48. The van der Waals surface area contributed by atoms with E-state index in [0.29, 0.717) is 17.8 Å². The zero-order valence-corrected chi connectivity index (χ0v) is 15.5. The highest BCUT2D eigenvalue weighted by molar-refractivity contribution is 5.62. The zero-order valence-electron chi connectivity index (χ0n) is 15.5. The molecular formula is C25H28. The van der Waals surface area contributed by atoms with E-state index < -0.39 is 0 Å². The van der Waals surface area contributed by atoms with Crippen molar-refractivity contribution in [1.82, 2.24) is 0 Å². The second-order valence-electron chi connectivity index (χ2n) is 7.06. The smallest absolute Gasteiger partial charge is 0.0134 e. The number of allylic oxidation sites excluding steroid dienone is 15. The molecule has 128 valence electrons. The van der Waals surface area contributed by atoms with Gasteiger partial charge >= 0.3 is 0 Å². The second-order valence-corrected chi connectivity index (χ2v) is 7.06. The van der Waals surface area contributed by atoms with Crippen LogP contribution in [0.15, 0.2) is 108 Å². The maximum absolute atomic E-state index is 4.06. The Morgan fingerprint density at radius 3 is 2.32 bits per heavy atom. The van der Waals surface area contributed by atoms with Crippen molar-refractivity contribution < 1.29 is 0 Å². The fourth-order valence-electron chi connectivity index (χ4n) is 4.13. The molecular weight excluding hydrogens is 300 g/mol. The summed E-state index contributed by atoms with van der Waals surface area (Å²) in [6.45, 7) is 16.6. The minimum Gasteiger partial charge on any atom is -0.0985 e. The Morgan fingerprint density at radius 1 is 1.00 bits per heavy atom. The summed E-state index contributed by atoms with van der Waals surface area (Å²) in [6.07, 6.45) is 22.2. The van der Waals surface area contributed by atoms with Crippen LogP contribution in [0.25, 0.3) is 0 Å². The van der Waals surface area contributed by atoms with Gasteiger partial charge in [-0.15, -0.1) is 0 Å². The standard InChI is InChI=1S/C25H28/c1-6-18-11-10-17(5)14-23(18)25-19(7-2)12-13-22-15-20(8-3)21(9-4)16-24(22)25/h6,8-9,11-17,22,24H,1,3-4,7,10H2,2,5H3. The van der Waals surface area contributed by atoms with Gasteiger partial charge in [0.05, 0.1) is 0 Å². The average Bonchev–Trinajstić information content (AvgIpc) is 2.65. The van der Waals surface area contributed by atoms with Gasteiger partial charge in [0.15, 0.2) is 0 Å². The summed E-state index contributed by atoms with van der Waals surface area (Å²) < 4.78 is 0. The third-order valence-electron chi connectivity index (χ3n) is 5.48. The molecule has 0 nitrogen and oxygen atoms in total. The summed E-state index contributed by atoms with van der Waals surface area (Å²) in [4.78, 5) is 0. The van der Waals surface area contributed by atoms with Crippen LogP contribution in [-0.2, 0) is 0 Å². The molecule has 0 N–H and O–H groups in total. The number of rotatable bonds is 5. The lowest BCUT2D eigenvalue weighted by atomic mass is 9.69. The lowest BCUT2D eigenvalue weighted by Crippen LogP contribution is -2.22. The van der Waals surface area contributed by atoms with E-state index >= 15 is 0 Å². The molecule has 0 aromatic rings. The summed E-state index contributed by atoms with van der Waals surface area (Å²) in [5.74, 6) is 1.31. The molecule has 3 atom stereocenters. The van der Waals surface area contributed by atoms with E-state index in [2.05, 4.69) is 70.0 Å². The van der Waals surface area contributed by atoms with E-state index in [-0.39, 0.29) is 0 Å². The molecule has 0 bridgehead atoms. The molecule has 0 heterocycles. The first-order valence-corrected chi connectivity index (χ1v) is 9.28. The van der Waals surface area contributed by atoms with Gasteiger partial charge in [0.2, 0.25) is 0 Å². The van der Waals surface area contributed by atoms with Crippen molar-refractivity contribution in [2.45, 2.75) is 26.7 Å². The van der Waals surface area contributed by atoms with Crippen LogP contribution in [0.5, 0.6) is 0 Å². The molecule has 0 aromatic carbocycles. The Kier molecular flexibility index (Phi) is 5.08. The van der Waals surface area contributed by atoms with Crippen LogP contribution in [0, 0.1) is 17.8 Å². The van der Waals surface area contributed by atoms with Crippen molar-refractivity contribution in [2.75, 3.05) is 0 Å². The van der Waals surface area contributed by atoms with E-state index in [4.69, 9.17) is 0 Å². The molecule has 0 aromatic heterocycles. The highest BCUT2D eigenvalue weighted by atomic mass is 14.4. The Bertz CT molecular complexity index is 786. The SMILES string of the molecule is C=CC1=CC2C=CC(CC)=C(C3=CC(C)CC=C3C=C)C2C=C1C=C. The van der Waals surface area contributed by atoms with Crippen molar-refractivity contribution in [3.05, 3.63) is 108 Å². The van der Waals surface area contributed by atoms with Gasteiger partial charge in [-0.05, 0) is 52.2 Å². The first kappa shape index (κ1) is 17.5. The zero-order chi connectivity index (χ0) is 18.0. The van der Waals surface area contributed by atoms with Crippen molar-refractivity contribution in [3.63, 3.8) is 0 Å². The van der Waals surface area contributed by atoms with Gasteiger partial charge in [-0.1, -0.05) is 88.3 Å². The van der Waals surface area contributed by atoms with Gasteiger partial charge in [-0.2, -0.15) is 0 Å². The van der Waals surface area contributed by atoms with Crippen LogP contribution in [0.4, 0.5) is 0 Å². The summed E-state index contributed by atoms with van der Waals surface area (Å²) in [7, 11) is 0. The van der Waals surface area contributed by atoms with Crippen LogP contribution in [-0.4, -0.2) is 0 Å². The van der Waals surface area contributed by atoms with Crippen LogP contribution in [0.1, 0.15) is 26.7 Å². The van der Waals surface area contributed by atoms with Crippen molar-refractivity contribution in [1.29, 1.82) is 0 Å². The lowest BCUT2D eigenvalue weighted by molar-refractivity contribution is 0.608. The molecule has 0 saturated heterocycles.